The van der Waals surface area contributed by atoms with Crippen LogP contribution in [0.25, 0.3) is 0 Å². The Kier molecular flexibility index (Phi) is 7.52. The van der Waals surface area contributed by atoms with E-state index in [2.05, 4.69) is 26.6 Å². The number of esters is 1. The van der Waals surface area contributed by atoms with Gasteiger partial charge in [0.1, 0.15) is 6.04 Å². The van der Waals surface area contributed by atoms with Crippen LogP contribution in [-0.2, 0) is 14.3 Å². The van der Waals surface area contributed by atoms with Gasteiger partial charge in [0.05, 0.1) is 18.6 Å². The molecule has 2 rings (SSSR count). The van der Waals surface area contributed by atoms with E-state index in [4.69, 9.17) is 17.0 Å². The van der Waals surface area contributed by atoms with Crippen molar-refractivity contribution in [2.45, 2.75) is 25.8 Å². The normalized spacial score (nSPS) is 16.6. The van der Waals surface area contributed by atoms with Gasteiger partial charge in [0.2, 0.25) is 5.91 Å². The summed E-state index contributed by atoms with van der Waals surface area (Å²) in [4.78, 5) is 38.1. The lowest BCUT2D eigenvalue weighted by atomic mass is 10.1. The fourth-order valence-electron chi connectivity index (χ4n) is 2.48. The van der Waals surface area contributed by atoms with Crippen LogP contribution in [0.3, 0.4) is 0 Å². The predicted octanol–water partition coefficient (Wildman–Crippen LogP) is 1.61. The highest BCUT2D eigenvalue weighted by Gasteiger charge is 2.34. The van der Waals surface area contributed by atoms with Crippen molar-refractivity contribution >= 4 is 51.0 Å². The van der Waals surface area contributed by atoms with E-state index >= 15 is 0 Å². The number of hydrogen-bond acceptors (Lipinski definition) is 5. The van der Waals surface area contributed by atoms with E-state index in [-0.39, 0.29) is 23.3 Å². The molecule has 7 nitrogen and oxygen atoms in total. The van der Waals surface area contributed by atoms with Crippen molar-refractivity contribution in [1.82, 2.24) is 15.5 Å². The minimum Gasteiger partial charge on any atom is -0.466 e. The summed E-state index contributed by atoms with van der Waals surface area (Å²) in [5.41, 5.74) is 0.426. The zero-order chi connectivity index (χ0) is 19.1. The van der Waals surface area contributed by atoms with E-state index in [0.717, 1.165) is 0 Å². The molecule has 1 saturated heterocycles. The molecule has 0 bridgehead atoms. The van der Waals surface area contributed by atoms with E-state index in [1.54, 1.807) is 29.2 Å². The number of nitrogens with zero attached hydrogens (tertiary/aromatic N) is 1. The first-order chi connectivity index (χ1) is 12.4. The lowest BCUT2D eigenvalue weighted by Crippen LogP contribution is -2.60. The van der Waals surface area contributed by atoms with Crippen molar-refractivity contribution < 1.29 is 19.1 Å². The molecule has 0 aromatic heterocycles. The molecule has 0 spiro atoms. The molecular weight excluding hydrogens is 422 g/mol. The van der Waals surface area contributed by atoms with Gasteiger partial charge in [-0.1, -0.05) is 19.1 Å². The van der Waals surface area contributed by atoms with Gasteiger partial charge in [0.15, 0.2) is 5.11 Å². The first-order valence-corrected chi connectivity index (χ1v) is 9.44. The Labute approximate surface area is 165 Å². The number of carbonyl (C=O) groups is 3. The zero-order valence-corrected chi connectivity index (χ0v) is 16.7. The number of nitrogens with one attached hydrogen (secondary N) is 2. The number of benzene rings is 1. The van der Waals surface area contributed by atoms with E-state index in [9.17, 15) is 14.4 Å². The second-order valence-corrected chi connectivity index (χ2v) is 6.90. The minimum atomic E-state index is -0.805. The van der Waals surface area contributed by atoms with Gasteiger partial charge in [0, 0.05) is 17.6 Å². The molecule has 0 saturated carbocycles. The molecule has 1 aliphatic rings. The maximum atomic E-state index is 12.4. The third-order valence-electron chi connectivity index (χ3n) is 3.76. The monoisotopic (exact) mass is 441 g/mol. The minimum absolute atomic E-state index is 0.105. The largest absolute Gasteiger partial charge is 0.466 e. The Morgan fingerprint density at radius 2 is 2.15 bits per heavy atom. The van der Waals surface area contributed by atoms with Gasteiger partial charge in [-0.25, -0.2) is 0 Å². The fourth-order valence-corrected chi connectivity index (χ4v) is 3.25. The number of carbonyl (C=O) groups excluding carboxylic acids is 3. The Morgan fingerprint density at radius 3 is 2.85 bits per heavy atom. The Bertz CT molecular complexity index is 713. The van der Waals surface area contributed by atoms with Gasteiger partial charge in [-0.15, -0.1) is 0 Å². The lowest BCUT2D eigenvalue weighted by molar-refractivity contribution is -0.147. The first kappa shape index (κ1) is 20.3. The van der Waals surface area contributed by atoms with E-state index in [1.807, 2.05) is 6.92 Å². The SMILES string of the molecule is CCCOC(=O)CC1C(=O)NCCN1C(=S)NC(=O)c1ccccc1Br. The molecule has 26 heavy (non-hydrogen) atoms. The number of piperazine rings is 1. The average Bonchev–Trinajstić information content (AvgIpc) is 2.61. The van der Waals surface area contributed by atoms with Crippen LogP contribution in [0.5, 0.6) is 0 Å². The highest BCUT2D eigenvalue weighted by Crippen LogP contribution is 2.16. The van der Waals surface area contributed by atoms with Crippen LogP contribution in [0.4, 0.5) is 0 Å². The Morgan fingerprint density at radius 1 is 1.42 bits per heavy atom. The molecule has 1 aliphatic heterocycles. The van der Waals surface area contributed by atoms with Gasteiger partial charge in [-0.05, 0) is 46.7 Å². The maximum absolute atomic E-state index is 12.4. The van der Waals surface area contributed by atoms with Crippen molar-refractivity contribution in [1.29, 1.82) is 0 Å². The van der Waals surface area contributed by atoms with Crippen LogP contribution in [0.1, 0.15) is 30.1 Å². The molecule has 140 valence electrons. The standard InChI is InChI=1S/C17H20BrN3O4S/c1-2-9-25-14(22)10-13-16(24)19-7-8-21(13)17(26)20-15(23)11-5-3-4-6-12(11)18/h3-6,13H,2,7-10H2,1H3,(H,19,24)(H,20,23,26). The van der Waals surface area contributed by atoms with E-state index in [0.29, 0.717) is 36.2 Å². The molecule has 2 amide bonds. The third-order valence-corrected chi connectivity index (χ3v) is 4.79. The molecule has 1 aromatic carbocycles. The quantitative estimate of drug-likeness (QED) is 0.532. The third kappa shape index (κ3) is 5.25. The lowest BCUT2D eigenvalue weighted by Gasteiger charge is -2.36. The Hall–Kier alpha value is -2.00. The van der Waals surface area contributed by atoms with Crippen molar-refractivity contribution in [3.63, 3.8) is 0 Å². The molecule has 2 N–H and O–H groups in total. The zero-order valence-electron chi connectivity index (χ0n) is 14.3. The molecule has 1 heterocycles. The summed E-state index contributed by atoms with van der Waals surface area (Å²) in [5, 5.41) is 5.44. The van der Waals surface area contributed by atoms with Crippen LogP contribution >= 0.6 is 28.1 Å². The summed E-state index contributed by atoms with van der Waals surface area (Å²) >= 11 is 8.63. The molecular formula is C17H20BrN3O4S. The van der Waals surface area contributed by atoms with Gasteiger partial charge in [-0.3, -0.25) is 19.7 Å². The summed E-state index contributed by atoms with van der Waals surface area (Å²) in [7, 11) is 0. The van der Waals surface area contributed by atoms with Crippen molar-refractivity contribution in [2.75, 3.05) is 19.7 Å². The molecule has 0 aliphatic carbocycles. The molecule has 1 unspecified atom stereocenters. The molecule has 1 aromatic rings. The molecule has 9 heteroatoms. The van der Waals surface area contributed by atoms with E-state index in [1.165, 1.54) is 0 Å². The van der Waals surface area contributed by atoms with Gasteiger partial charge >= 0.3 is 5.97 Å². The number of thiocarbonyl (C=S) groups is 1. The number of ether oxygens (including phenoxy) is 1. The van der Waals surface area contributed by atoms with Gasteiger partial charge in [-0.2, -0.15) is 0 Å². The summed E-state index contributed by atoms with van der Waals surface area (Å²) < 4.78 is 5.69. The highest BCUT2D eigenvalue weighted by molar-refractivity contribution is 9.10. The van der Waals surface area contributed by atoms with E-state index < -0.39 is 12.0 Å². The van der Waals surface area contributed by atoms with Crippen LogP contribution < -0.4 is 10.6 Å². The molecule has 1 atom stereocenters. The number of halogens is 1. The number of hydrogen-bond donors (Lipinski definition) is 2. The smallest absolute Gasteiger partial charge is 0.308 e. The van der Waals surface area contributed by atoms with Gasteiger partial charge < -0.3 is 15.0 Å². The van der Waals surface area contributed by atoms with Crippen molar-refractivity contribution in [2.24, 2.45) is 0 Å². The molecule has 1 fully saturated rings. The topological polar surface area (TPSA) is 87.7 Å². The number of amides is 2. The summed E-state index contributed by atoms with van der Waals surface area (Å²) in [5.74, 6) is -1.18. The van der Waals surface area contributed by atoms with Crippen LogP contribution in [0, 0.1) is 0 Å². The average molecular weight is 442 g/mol. The fraction of sp³-hybridized carbons (Fsp3) is 0.412. The Balaban J connectivity index is 2.06. The summed E-state index contributed by atoms with van der Waals surface area (Å²) in [6, 6.07) is 6.14. The van der Waals surface area contributed by atoms with Crippen LogP contribution in [-0.4, -0.2) is 53.5 Å². The summed E-state index contributed by atoms with van der Waals surface area (Å²) in [6.07, 6.45) is 0.573. The highest BCUT2D eigenvalue weighted by atomic mass is 79.9. The second-order valence-electron chi connectivity index (χ2n) is 5.66. The van der Waals surface area contributed by atoms with Crippen LogP contribution in [0.15, 0.2) is 28.7 Å². The maximum Gasteiger partial charge on any atom is 0.308 e. The summed E-state index contributed by atoms with van der Waals surface area (Å²) in [6.45, 7) is 2.96. The molecule has 0 radical (unpaired) electrons. The van der Waals surface area contributed by atoms with Gasteiger partial charge in [0.25, 0.3) is 5.91 Å². The van der Waals surface area contributed by atoms with Crippen molar-refractivity contribution in [3.05, 3.63) is 34.3 Å². The first-order valence-electron chi connectivity index (χ1n) is 8.23. The van der Waals surface area contributed by atoms with Crippen molar-refractivity contribution in [3.8, 4) is 0 Å². The van der Waals surface area contributed by atoms with Crippen LogP contribution in [0.2, 0.25) is 0 Å². The number of rotatable bonds is 5. The second kappa shape index (κ2) is 9.63. The predicted molar refractivity (Wildman–Crippen MR) is 104 cm³/mol.